The molecular formula is C24H21NO2. The molecule has 3 heteroatoms. The number of carboxylic acid groups (broad SMARTS) is 1. The van der Waals surface area contributed by atoms with Gasteiger partial charge in [0.25, 0.3) is 0 Å². The number of aromatic nitrogens is 1. The monoisotopic (exact) mass is 355 g/mol. The van der Waals surface area contributed by atoms with E-state index in [1.54, 1.807) is 0 Å². The van der Waals surface area contributed by atoms with Crippen molar-refractivity contribution in [1.29, 1.82) is 0 Å². The number of hydrogen-bond donors (Lipinski definition) is 1. The van der Waals surface area contributed by atoms with Crippen molar-refractivity contribution < 1.29 is 9.90 Å². The zero-order valence-corrected chi connectivity index (χ0v) is 15.2. The zero-order chi connectivity index (χ0) is 18.8. The van der Waals surface area contributed by atoms with Gasteiger partial charge in [-0.05, 0) is 23.6 Å². The Kier molecular flexibility index (Phi) is 4.51. The highest BCUT2D eigenvalue weighted by molar-refractivity contribution is 6.05. The SMILES string of the molecule is Cc1cccc2c(-c3ccccc3)c(-c3ccccc3)n(CCC(=O)O)c12. The van der Waals surface area contributed by atoms with Crippen LogP contribution in [0.15, 0.2) is 78.9 Å². The summed E-state index contributed by atoms with van der Waals surface area (Å²) in [7, 11) is 0. The van der Waals surface area contributed by atoms with E-state index in [-0.39, 0.29) is 6.42 Å². The van der Waals surface area contributed by atoms with Gasteiger partial charge in [-0.1, -0.05) is 78.9 Å². The average molecular weight is 355 g/mol. The van der Waals surface area contributed by atoms with Crippen LogP contribution in [0.5, 0.6) is 0 Å². The molecule has 0 unspecified atom stereocenters. The van der Waals surface area contributed by atoms with Gasteiger partial charge in [-0.2, -0.15) is 0 Å². The van der Waals surface area contributed by atoms with Gasteiger partial charge in [0.2, 0.25) is 0 Å². The van der Waals surface area contributed by atoms with Gasteiger partial charge in [0.15, 0.2) is 0 Å². The Morgan fingerprint density at radius 2 is 1.48 bits per heavy atom. The topological polar surface area (TPSA) is 42.2 Å². The number of rotatable bonds is 5. The van der Waals surface area contributed by atoms with Crippen LogP contribution in [0.25, 0.3) is 33.3 Å². The Morgan fingerprint density at radius 1 is 0.852 bits per heavy atom. The van der Waals surface area contributed by atoms with Crippen LogP contribution >= 0.6 is 0 Å². The highest BCUT2D eigenvalue weighted by Crippen LogP contribution is 2.41. The van der Waals surface area contributed by atoms with Crippen LogP contribution in [0.4, 0.5) is 0 Å². The smallest absolute Gasteiger partial charge is 0.305 e. The minimum absolute atomic E-state index is 0.0895. The van der Waals surface area contributed by atoms with Crippen LogP contribution in [-0.2, 0) is 11.3 Å². The molecule has 0 spiro atoms. The summed E-state index contributed by atoms with van der Waals surface area (Å²) in [5, 5.41) is 10.4. The molecule has 1 N–H and O–H groups in total. The highest BCUT2D eigenvalue weighted by Gasteiger charge is 2.21. The van der Waals surface area contributed by atoms with E-state index < -0.39 is 5.97 Å². The number of fused-ring (bicyclic) bond motifs is 1. The third kappa shape index (κ3) is 3.13. The first-order valence-corrected chi connectivity index (χ1v) is 9.11. The Morgan fingerprint density at radius 3 is 2.11 bits per heavy atom. The number of aliphatic carboxylic acids is 1. The number of aryl methyl sites for hydroxylation is 2. The van der Waals surface area contributed by atoms with Crippen molar-refractivity contribution in [2.45, 2.75) is 19.9 Å². The Hall–Kier alpha value is -3.33. The summed E-state index contributed by atoms with van der Waals surface area (Å²) in [4.78, 5) is 11.3. The van der Waals surface area contributed by atoms with E-state index in [0.29, 0.717) is 6.54 Å². The molecule has 134 valence electrons. The maximum atomic E-state index is 11.3. The predicted molar refractivity (Wildman–Crippen MR) is 110 cm³/mol. The van der Waals surface area contributed by atoms with Crippen molar-refractivity contribution in [1.82, 2.24) is 4.57 Å². The Balaban J connectivity index is 2.11. The molecule has 0 amide bonds. The third-order valence-electron chi connectivity index (χ3n) is 4.94. The van der Waals surface area contributed by atoms with Crippen LogP contribution in [-0.4, -0.2) is 15.6 Å². The normalized spacial score (nSPS) is 11.0. The van der Waals surface area contributed by atoms with Crippen molar-refractivity contribution >= 4 is 16.9 Å². The Bertz CT molecular complexity index is 1100. The van der Waals surface area contributed by atoms with Gasteiger partial charge < -0.3 is 9.67 Å². The standard InChI is InChI=1S/C24H21NO2/c1-17-9-8-14-20-22(18-10-4-2-5-11-18)24(19-12-6-3-7-13-19)25(23(17)20)16-15-21(26)27/h2-14H,15-16H2,1H3,(H,26,27). The fraction of sp³-hybridized carbons (Fsp3) is 0.125. The summed E-state index contributed by atoms with van der Waals surface area (Å²) in [6.45, 7) is 2.52. The highest BCUT2D eigenvalue weighted by atomic mass is 16.4. The molecular weight excluding hydrogens is 334 g/mol. The second-order valence-electron chi connectivity index (χ2n) is 6.72. The molecule has 0 aliphatic heterocycles. The van der Waals surface area contributed by atoms with Crippen molar-refractivity contribution in [3.8, 4) is 22.4 Å². The minimum Gasteiger partial charge on any atom is -0.481 e. The lowest BCUT2D eigenvalue weighted by Crippen LogP contribution is -2.06. The van der Waals surface area contributed by atoms with Crippen LogP contribution in [0, 0.1) is 6.92 Å². The molecule has 0 bridgehead atoms. The number of nitrogens with zero attached hydrogens (tertiary/aromatic N) is 1. The molecule has 0 saturated heterocycles. The number of hydrogen-bond acceptors (Lipinski definition) is 1. The fourth-order valence-corrected chi connectivity index (χ4v) is 3.82. The van der Waals surface area contributed by atoms with Gasteiger partial charge in [0.1, 0.15) is 0 Å². The largest absolute Gasteiger partial charge is 0.481 e. The fourth-order valence-electron chi connectivity index (χ4n) is 3.82. The number of carbonyl (C=O) groups is 1. The average Bonchev–Trinajstić information content (AvgIpc) is 3.03. The Labute approximate surface area is 158 Å². The lowest BCUT2D eigenvalue weighted by atomic mass is 9.98. The second kappa shape index (κ2) is 7.12. The maximum absolute atomic E-state index is 11.3. The molecule has 1 heterocycles. The molecule has 0 atom stereocenters. The number of para-hydroxylation sites is 1. The second-order valence-corrected chi connectivity index (χ2v) is 6.72. The molecule has 27 heavy (non-hydrogen) atoms. The summed E-state index contributed by atoms with van der Waals surface area (Å²) in [6.07, 6.45) is 0.0895. The molecule has 3 nitrogen and oxygen atoms in total. The van der Waals surface area contributed by atoms with E-state index in [4.69, 9.17) is 0 Å². The van der Waals surface area contributed by atoms with E-state index in [0.717, 1.165) is 38.9 Å². The molecule has 0 aliphatic rings. The summed E-state index contributed by atoms with van der Waals surface area (Å²) < 4.78 is 2.18. The molecule has 0 radical (unpaired) electrons. The van der Waals surface area contributed by atoms with E-state index in [1.807, 2.05) is 36.4 Å². The quantitative estimate of drug-likeness (QED) is 0.495. The molecule has 4 aromatic rings. The van der Waals surface area contributed by atoms with Crippen molar-refractivity contribution in [2.24, 2.45) is 0 Å². The first-order valence-electron chi connectivity index (χ1n) is 9.11. The molecule has 3 aromatic carbocycles. The summed E-state index contributed by atoms with van der Waals surface area (Å²) in [5.74, 6) is -0.786. The van der Waals surface area contributed by atoms with Crippen molar-refractivity contribution in [3.63, 3.8) is 0 Å². The predicted octanol–water partition coefficient (Wildman–Crippen LogP) is 5.76. The van der Waals surface area contributed by atoms with Gasteiger partial charge in [-0.3, -0.25) is 4.79 Å². The summed E-state index contributed by atoms with van der Waals surface area (Å²) >= 11 is 0. The first-order chi connectivity index (χ1) is 13.2. The summed E-state index contributed by atoms with van der Waals surface area (Å²) in [6, 6.07) is 26.9. The summed E-state index contributed by atoms with van der Waals surface area (Å²) in [5.41, 5.74) is 6.73. The van der Waals surface area contributed by atoms with Crippen LogP contribution < -0.4 is 0 Å². The molecule has 4 rings (SSSR count). The molecule has 0 saturated carbocycles. The van der Waals surface area contributed by atoms with Gasteiger partial charge in [-0.25, -0.2) is 0 Å². The van der Waals surface area contributed by atoms with Crippen LogP contribution in [0.1, 0.15) is 12.0 Å². The van der Waals surface area contributed by atoms with Gasteiger partial charge >= 0.3 is 5.97 Å². The zero-order valence-electron chi connectivity index (χ0n) is 15.2. The van der Waals surface area contributed by atoms with E-state index in [2.05, 4.69) is 54.0 Å². The molecule has 0 fully saturated rings. The minimum atomic E-state index is -0.786. The first kappa shape index (κ1) is 17.1. The van der Waals surface area contributed by atoms with Crippen molar-refractivity contribution in [3.05, 3.63) is 84.4 Å². The van der Waals surface area contributed by atoms with Gasteiger partial charge in [0.05, 0.1) is 17.6 Å². The maximum Gasteiger partial charge on any atom is 0.305 e. The van der Waals surface area contributed by atoms with E-state index in [9.17, 15) is 9.90 Å². The van der Waals surface area contributed by atoms with Gasteiger partial charge in [-0.15, -0.1) is 0 Å². The van der Waals surface area contributed by atoms with Crippen molar-refractivity contribution in [2.75, 3.05) is 0 Å². The lowest BCUT2D eigenvalue weighted by molar-refractivity contribution is -0.137. The molecule has 0 aliphatic carbocycles. The van der Waals surface area contributed by atoms with Crippen LogP contribution in [0.3, 0.4) is 0 Å². The van der Waals surface area contributed by atoms with E-state index >= 15 is 0 Å². The number of carboxylic acids is 1. The number of benzene rings is 3. The van der Waals surface area contributed by atoms with E-state index in [1.165, 1.54) is 0 Å². The van der Waals surface area contributed by atoms with Gasteiger partial charge in [0, 0.05) is 17.5 Å². The van der Waals surface area contributed by atoms with Crippen LogP contribution in [0.2, 0.25) is 0 Å². The third-order valence-corrected chi connectivity index (χ3v) is 4.94. The lowest BCUT2D eigenvalue weighted by Gasteiger charge is -2.13. The molecule has 1 aromatic heterocycles.